The van der Waals surface area contributed by atoms with E-state index in [1.807, 2.05) is 5.38 Å². The Labute approximate surface area is 181 Å². The summed E-state index contributed by atoms with van der Waals surface area (Å²) in [7, 11) is 0.00971. The summed E-state index contributed by atoms with van der Waals surface area (Å²) in [4.78, 5) is 9.53. The van der Waals surface area contributed by atoms with Gasteiger partial charge in [0.05, 0.1) is 6.61 Å². The van der Waals surface area contributed by atoms with E-state index in [-0.39, 0.29) is 5.04 Å². The van der Waals surface area contributed by atoms with Crippen molar-refractivity contribution in [3.63, 3.8) is 0 Å². The molecule has 1 aliphatic heterocycles. The van der Waals surface area contributed by atoms with Crippen LogP contribution in [0.3, 0.4) is 0 Å². The number of nitrogens with two attached hydrogens (primary N) is 1. The average molecular weight is 495 g/mol. The molecule has 2 heterocycles. The Kier molecular flexibility index (Phi) is 8.00. The predicted octanol–water partition coefficient (Wildman–Crippen LogP) is 5.23. The third kappa shape index (κ3) is 5.57. The SMILES string of the molecule is COC[C@]1(c2nc(Br)cs2)N=C(N)SC[C@@H]1CCCO[Si](C)(C)C(C)(C)C. The maximum absolute atomic E-state index is 6.36. The van der Waals surface area contributed by atoms with E-state index in [1.54, 1.807) is 30.2 Å². The Morgan fingerprint density at radius 3 is 2.67 bits per heavy atom. The molecule has 0 saturated carbocycles. The Hall–Kier alpha value is 0.0669. The molecule has 1 aliphatic rings. The normalized spacial score (nSPS) is 24.1. The van der Waals surface area contributed by atoms with Crippen molar-refractivity contribution in [1.82, 2.24) is 4.98 Å². The number of methoxy groups -OCH3 is 1. The van der Waals surface area contributed by atoms with Crippen molar-refractivity contribution in [2.24, 2.45) is 16.6 Å². The highest BCUT2D eigenvalue weighted by atomic mass is 79.9. The number of thioether (sulfide) groups is 1. The zero-order valence-corrected chi connectivity index (χ0v) is 21.4. The molecule has 0 saturated heterocycles. The molecule has 0 bridgehead atoms. The molecule has 1 aromatic heterocycles. The maximum Gasteiger partial charge on any atom is 0.191 e. The van der Waals surface area contributed by atoms with E-state index in [2.05, 4.69) is 54.8 Å². The van der Waals surface area contributed by atoms with Crippen LogP contribution in [0.25, 0.3) is 0 Å². The first kappa shape index (κ1) is 23.3. The van der Waals surface area contributed by atoms with Gasteiger partial charge in [-0.15, -0.1) is 11.3 Å². The smallest absolute Gasteiger partial charge is 0.191 e. The van der Waals surface area contributed by atoms with Crippen LogP contribution in [0.2, 0.25) is 18.1 Å². The number of halogens is 1. The van der Waals surface area contributed by atoms with Gasteiger partial charge in [-0.2, -0.15) is 0 Å². The number of rotatable bonds is 8. The van der Waals surface area contributed by atoms with Gasteiger partial charge in [0.1, 0.15) is 15.1 Å². The first-order valence-electron chi connectivity index (χ1n) is 9.24. The van der Waals surface area contributed by atoms with Gasteiger partial charge in [0.15, 0.2) is 13.5 Å². The second kappa shape index (κ2) is 9.26. The van der Waals surface area contributed by atoms with E-state index in [0.717, 1.165) is 34.8 Å². The molecule has 0 spiro atoms. The van der Waals surface area contributed by atoms with Crippen molar-refractivity contribution in [2.75, 3.05) is 26.1 Å². The lowest BCUT2D eigenvalue weighted by molar-refractivity contribution is 0.0948. The van der Waals surface area contributed by atoms with Gasteiger partial charge < -0.3 is 14.9 Å². The minimum atomic E-state index is -1.71. The van der Waals surface area contributed by atoms with E-state index in [4.69, 9.17) is 19.9 Å². The van der Waals surface area contributed by atoms with Gasteiger partial charge in [0.25, 0.3) is 0 Å². The lowest BCUT2D eigenvalue weighted by atomic mass is 9.83. The van der Waals surface area contributed by atoms with Gasteiger partial charge >= 0.3 is 0 Å². The summed E-state index contributed by atoms with van der Waals surface area (Å²) >= 11 is 6.71. The molecule has 9 heteroatoms. The third-order valence-electron chi connectivity index (χ3n) is 5.59. The monoisotopic (exact) mass is 493 g/mol. The summed E-state index contributed by atoms with van der Waals surface area (Å²) < 4.78 is 12.8. The van der Waals surface area contributed by atoms with Crippen molar-refractivity contribution in [3.8, 4) is 0 Å². The van der Waals surface area contributed by atoms with Crippen molar-refractivity contribution >= 4 is 52.5 Å². The first-order valence-corrected chi connectivity index (χ1v) is 14.8. The molecule has 0 unspecified atom stereocenters. The number of hydrogen-bond donors (Lipinski definition) is 1. The van der Waals surface area contributed by atoms with Crippen LogP contribution in [0.15, 0.2) is 15.0 Å². The molecular weight excluding hydrogens is 462 g/mol. The molecule has 0 amide bonds. The molecule has 2 atom stereocenters. The van der Waals surface area contributed by atoms with Gasteiger partial charge in [0, 0.05) is 30.8 Å². The predicted molar refractivity (Wildman–Crippen MR) is 123 cm³/mol. The Morgan fingerprint density at radius 2 is 2.11 bits per heavy atom. The number of thiazole rings is 1. The van der Waals surface area contributed by atoms with Crippen LogP contribution in [0.5, 0.6) is 0 Å². The summed E-state index contributed by atoms with van der Waals surface area (Å²) in [5.41, 5.74) is 5.61. The highest BCUT2D eigenvalue weighted by molar-refractivity contribution is 9.10. The highest BCUT2D eigenvalue weighted by Crippen LogP contribution is 2.44. The fraction of sp³-hybridized carbons (Fsp3) is 0.778. The van der Waals surface area contributed by atoms with Crippen LogP contribution < -0.4 is 5.73 Å². The van der Waals surface area contributed by atoms with Gasteiger partial charge in [-0.3, -0.25) is 0 Å². The Balaban J connectivity index is 2.12. The number of amidine groups is 1. The van der Waals surface area contributed by atoms with Crippen LogP contribution in [0, 0.1) is 5.92 Å². The number of nitrogens with zero attached hydrogens (tertiary/aromatic N) is 2. The van der Waals surface area contributed by atoms with Crippen molar-refractivity contribution in [2.45, 2.75) is 57.3 Å². The molecule has 5 nitrogen and oxygen atoms in total. The summed E-state index contributed by atoms with van der Waals surface area (Å²) in [6.45, 7) is 12.7. The van der Waals surface area contributed by atoms with Crippen LogP contribution in [0.4, 0.5) is 0 Å². The first-order chi connectivity index (χ1) is 12.5. The van der Waals surface area contributed by atoms with Crippen LogP contribution >= 0.6 is 39.0 Å². The van der Waals surface area contributed by atoms with Crippen LogP contribution in [-0.4, -0.2) is 44.5 Å². The van der Waals surface area contributed by atoms with E-state index >= 15 is 0 Å². The average Bonchev–Trinajstić information content (AvgIpc) is 2.99. The summed E-state index contributed by atoms with van der Waals surface area (Å²) in [5.74, 6) is 1.24. The highest BCUT2D eigenvalue weighted by Gasteiger charge is 2.45. The summed E-state index contributed by atoms with van der Waals surface area (Å²) in [6.07, 6.45) is 2.02. The Morgan fingerprint density at radius 1 is 1.41 bits per heavy atom. The third-order valence-corrected chi connectivity index (χ3v) is 12.8. The fourth-order valence-corrected chi connectivity index (χ4v) is 6.54. The minimum Gasteiger partial charge on any atom is -0.417 e. The summed E-state index contributed by atoms with van der Waals surface area (Å²) in [6, 6.07) is 0. The molecular formula is C18H32BrN3O2S2Si. The van der Waals surface area contributed by atoms with E-state index < -0.39 is 13.9 Å². The van der Waals surface area contributed by atoms with Crippen LogP contribution in [0.1, 0.15) is 38.6 Å². The lowest BCUT2D eigenvalue weighted by Gasteiger charge is -2.39. The molecule has 0 radical (unpaired) electrons. The largest absolute Gasteiger partial charge is 0.417 e. The molecule has 2 N–H and O–H groups in total. The lowest BCUT2D eigenvalue weighted by Crippen LogP contribution is -2.44. The second-order valence-electron chi connectivity index (χ2n) is 8.54. The van der Waals surface area contributed by atoms with Crippen LogP contribution in [-0.2, 0) is 14.7 Å². The van der Waals surface area contributed by atoms with Gasteiger partial charge in [-0.1, -0.05) is 32.5 Å². The van der Waals surface area contributed by atoms with Gasteiger partial charge in [0.2, 0.25) is 0 Å². The zero-order valence-electron chi connectivity index (χ0n) is 17.2. The topological polar surface area (TPSA) is 69.7 Å². The number of aliphatic imine (C=N–C) groups is 1. The Bertz CT molecular complexity index is 663. The number of hydrogen-bond acceptors (Lipinski definition) is 7. The molecule has 2 rings (SSSR count). The maximum atomic E-state index is 6.36. The molecule has 154 valence electrons. The van der Waals surface area contributed by atoms with E-state index in [1.165, 1.54) is 0 Å². The van der Waals surface area contributed by atoms with Gasteiger partial charge in [-0.25, -0.2) is 9.98 Å². The molecule has 0 aliphatic carbocycles. The van der Waals surface area contributed by atoms with Gasteiger partial charge in [-0.05, 0) is 46.9 Å². The van der Waals surface area contributed by atoms with Crippen molar-refractivity contribution in [1.29, 1.82) is 0 Å². The molecule has 0 fully saturated rings. The standard InChI is InChI=1S/C18H32BrN3O2S2Si/c1-17(2,3)27(5,6)24-9-7-8-13-10-26-16(20)22-18(13,12-23-4)15-21-14(19)11-25-15/h11,13H,7-10,12H2,1-6H3,(H2,20,22)/t13-,18-/m0/s1. The van der Waals surface area contributed by atoms with E-state index in [9.17, 15) is 0 Å². The van der Waals surface area contributed by atoms with Crippen molar-refractivity contribution < 1.29 is 9.16 Å². The minimum absolute atomic E-state index is 0.236. The number of aromatic nitrogens is 1. The number of ether oxygens (including phenoxy) is 1. The molecule has 27 heavy (non-hydrogen) atoms. The molecule has 0 aromatic carbocycles. The van der Waals surface area contributed by atoms with E-state index in [0.29, 0.717) is 17.7 Å². The molecule has 1 aromatic rings. The summed E-state index contributed by atoms with van der Waals surface area (Å²) in [5, 5.41) is 3.82. The fourth-order valence-electron chi connectivity index (χ4n) is 2.95. The van der Waals surface area contributed by atoms with Crippen molar-refractivity contribution in [3.05, 3.63) is 15.0 Å². The second-order valence-corrected chi connectivity index (χ2v) is 16.1. The zero-order chi connectivity index (χ0) is 20.3. The quantitative estimate of drug-likeness (QED) is 0.396.